The number of morpholine rings is 1. The maximum atomic E-state index is 12.6. The van der Waals surface area contributed by atoms with Gasteiger partial charge in [-0.25, -0.2) is 0 Å². The van der Waals surface area contributed by atoms with E-state index in [1.165, 1.54) is 0 Å². The van der Waals surface area contributed by atoms with Crippen molar-refractivity contribution in [3.8, 4) is 0 Å². The number of aromatic nitrogens is 2. The van der Waals surface area contributed by atoms with Crippen molar-refractivity contribution in [1.82, 2.24) is 19.9 Å². The minimum Gasteiger partial charge on any atom is -0.375 e. The summed E-state index contributed by atoms with van der Waals surface area (Å²) in [4.78, 5) is 21.0. The lowest BCUT2D eigenvalue weighted by molar-refractivity contribution is -0.140. The van der Waals surface area contributed by atoms with Gasteiger partial charge in [-0.1, -0.05) is 12.1 Å². The zero-order valence-electron chi connectivity index (χ0n) is 13.3. The number of aryl methyl sites for hydroxylation is 1. The van der Waals surface area contributed by atoms with Crippen LogP contribution in [0.2, 0.25) is 0 Å². The SMILES string of the molecule is CC[C@@H]1CN(C(=O)CN2CCC[C@@H]2c2noc(C)n2)CCO1. The van der Waals surface area contributed by atoms with E-state index in [-0.39, 0.29) is 18.1 Å². The van der Waals surface area contributed by atoms with Crippen LogP contribution < -0.4 is 0 Å². The van der Waals surface area contributed by atoms with Gasteiger partial charge in [0.2, 0.25) is 11.8 Å². The van der Waals surface area contributed by atoms with Gasteiger partial charge in [-0.05, 0) is 25.8 Å². The van der Waals surface area contributed by atoms with Gasteiger partial charge in [-0.2, -0.15) is 4.98 Å². The molecule has 0 aliphatic carbocycles. The molecule has 0 radical (unpaired) electrons. The predicted molar refractivity (Wildman–Crippen MR) is 79.2 cm³/mol. The van der Waals surface area contributed by atoms with Crippen LogP contribution in [0.1, 0.15) is 43.9 Å². The summed E-state index contributed by atoms with van der Waals surface area (Å²) < 4.78 is 10.7. The molecule has 2 saturated heterocycles. The Morgan fingerprint density at radius 1 is 1.41 bits per heavy atom. The molecule has 22 heavy (non-hydrogen) atoms. The van der Waals surface area contributed by atoms with E-state index in [1.807, 2.05) is 4.90 Å². The molecule has 1 amide bonds. The van der Waals surface area contributed by atoms with Crippen molar-refractivity contribution in [2.45, 2.75) is 45.3 Å². The fraction of sp³-hybridized carbons (Fsp3) is 0.800. The van der Waals surface area contributed by atoms with Crippen molar-refractivity contribution >= 4 is 5.91 Å². The first-order valence-electron chi connectivity index (χ1n) is 8.11. The summed E-state index contributed by atoms with van der Waals surface area (Å²) in [7, 11) is 0. The highest BCUT2D eigenvalue weighted by Crippen LogP contribution is 2.29. The zero-order valence-corrected chi connectivity index (χ0v) is 13.3. The van der Waals surface area contributed by atoms with Crippen LogP contribution in [0.15, 0.2) is 4.52 Å². The first-order valence-corrected chi connectivity index (χ1v) is 8.11. The molecule has 0 bridgehead atoms. The molecular weight excluding hydrogens is 284 g/mol. The molecule has 122 valence electrons. The normalized spacial score (nSPS) is 26.5. The van der Waals surface area contributed by atoms with Gasteiger partial charge in [0.15, 0.2) is 5.82 Å². The molecule has 2 fully saturated rings. The van der Waals surface area contributed by atoms with Gasteiger partial charge < -0.3 is 14.2 Å². The van der Waals surface area contributed by atoms with Crippen LogP contribution in [0.25, 0.3) is 0 Å². The number of carbonyl (C=O) groups excluding carboxylic acids is 1. The Labute approximate surface area is 130 Å². The molecule has 0 saturated carbocycles. The first-order chi connectivity index (χ1) is 10.7. The van der Waals surface area contributed by atoms with E-state index in [1.54, 1.807) is 6.92 Å². The minimum atomic E-state index is 0.101. The Morgan fingerprint density at radius 2 is 2.27 bits per heavy atom. The van der Waals surface area contributed by atoms with Crippen LogP contribution in [0, 0.1) is 6.92 Å². The third-order valence-corrected chi connectivity index (χ3v) is 4.49. The van der Waals surface area contributed by atoms with Crippen molar-refractivity contribution in [3.05, 3.63) is 11.7 Å². The fourth-order valence-corrected chi connectivity index (χ4v) is 3.22. The zero-order chi connectivity index (χ0) is 15.5. The van der Waals surface area contributed by atoms with Gasteiger partial charge in [0.05, 0.1) is 25.3 Å². The average Bonchev–Trinajstić information content (AvgIpc) is 3.16. The highest BCUT2D eigenvalue weighted by Gasteiger charge is 2.33. The Kier molecular flexibility index (Phi) is 4.73. The molecule has 3 rings (SSSR count). The maximum absolute atomic E-state index is 12.6. The third kappa shape index (κ3) is 3.30. The molecule has 1 aromatic heterocycles. The molecule has 2 aliphatic heterocycles. The molecule has 1 aromatic rings. The number of likely N-dealkylation sites (tertiary alicyclic amines) is 1. The van der Waals surface area contributed by atoms with Crippen LogP contribution in [-0.2, 0) is 9.53 Å². The Hall–Kier alpha value is -1.47. The minimum absolute atomic E-state index is 0.101. The first kappa shape index (κ1) is 15.4. The largest absolute Gasteiger partial charge is 0.375 e. The van der Waals surface area contributed by atoms with Gasteiger partial charge in [0, 0.05) is 20.0 Å². The average molecular weight is 308 g/mol. The third-order valence-electron chi connectivity index (χ3n) is 4.49. The van der Waals surface area contributed by atoms with Gasteiger partial charge in [0.1, 0.15) is 0 Å². The van der Waals surface area contributed by atoms with Crippen LogP contribution in [-0.4, -0.2) is 64.7 Å². The van der Waals surface area contributed by atoms with Gasteiger partial charge in [0.25, 0.3) is 0 Å². The van der Waals surface area contributed by atoms with Crippen LogP contribution in [0.3, 0.4) is 0 Å². The number of amides is 1. The number of rotatable bonds is 4. The summed E-state index contributed by atoms with van der Waals surface area (Å²) in [6.45, 7) is 7.25. The topological polar surface area (TPSA) is 71.7 Å². The molecule has 7 nitrogen and oxygen atoms in total. The van der Waals surface area contributed by atoms with E-state index >= 15 is 0 Å². The highest BCUT2D eigenvalue weighted by molar-refractivity contribution is 5.78. The Morgan fingerprint density at radius 3 is 3.00 bits per heavy atom. The second-order valence-corrected chi connectivity index (χ2v) is 6.04. The lowest BCUT2D eigenvalue weighted by Gasteiger charge is -2.34. The van der Waals surface area contributed by atoms with E-state index in [2.05, 4.69) is 22.0 Å². The molecular formula is C15H24N4O3. The number of ether oxygens (including phenoxy) is 1. The standard InChI is InChI=1S/C15H24N4O3/c1-3-12-9-19(7-8-21-12)14(20)10-18-6-4-5-13(18)15-16-11(2)22-17-15/h12-13H,3-10H2,1-2H3/t12-,13-/m1/s1. The van der Waals surface area contributed by atoms with Gasteiger partial charge >= 0.3 is 0 Å². The molecule has 0 aromatic carbocycles. The smallest absolute Gasteiger partial charge is 0.236 e. The van der Waals surface area contributed by atoms with Gasteiger partial charge in [-0.15, -0.1) is 0 Å². The number of nitrogens with zero attached hydrogens (tertiary/aromatic N) is 4. The molecule has 7 heteroatoms. The second kappa shape index (κ2) is 6.75. The van der Waals surface area contributed by atoms with E-state index in [4.69, 9.17) is 9.26 Å². The quantitative estimate of drug-likeness (QED) is 0.831. The fourth-order valence-electron chi connectivity index (χ4n) is 3.22. The van der Waals surface area contributed by atoms with Crippen LogP contribution >= 0.6 is 0 Å². The molecule has 3 heterocycles. The van der Waals surface area contributed by atoms with E-state index in [0.717, 1.165) is 25.8 Å². The lowest BCUT2D eigenvalue weighted by atomic mass is 10.2. The summed E-state index contributed by atoms with van der Waals surface area (Å²) in [5.41, 5.74) is 0. The number of hydrogen-bond acceptors (Lipinski definition) is 6. The lowest BCUT2D eigenvalue weighted by Crippen LogP contribution is -2.48. The summed E-state index contributed by atoms with van der Waals surface area (Å²) >= 11 is 0. The monoisotopic (exact) mass is 308 g/mol. The predicted octanol–water partition coefficient (Wildman–Crippen LogP) is 1.15. The van der Waals surface area contributed by atoms with Gasteiger partial charge in [-0.3, -0.25) is 9.69 Å². The molecule has 0 unspecified atom stereocenters. The van der Waals surface area contributed by atoms with E-state index < -0.39 is 0 Å². The van der Waals surface area contributed by atoms with Crippen molar-refractivity contribution in [2.24, 2.45) is 0 Å². The van der Waals surface area contributed by atoms with E-state index in [0.29, 0.717) is 38.0 Å². The van der Waals surface area contributed by atoms with Crippen LogP contribution in [0.4, 0.5) is 0 Å². The number of carbonyl (C=O) groups is 1. The van der Waals surface area contributed by atoms with Crippen molar-refractivity contribution in [3.63, 3.8) is 0 Å². The summed E-state index contributed by atoms with van der Waals surface area (Å²) in [5.74, 6) is 1.46. The van der Waals surface area contributed by atoms with E-state index in [9.17, 15) is 4.79 Å². The Bertz CT molecular complexity index is 519. The van der Waals surface area contributed by atoms with Crippen molar-refractivity contribution in [2.75, 3.05) is 32.8 Å². The molecule has 2 atom stereocenters. The summed E-state index contributed by atoms with van der Waals surface area (Å²) in [6, 6.07) is 0.101. The van der Waals surface area contributed by atoms with Crippen molar-refractivity contribution in [1.29, 1.82) is 0 Å². The highest BCUT2D eigenvalue weighted by atomic mass is 16.5. The van der Waals surface area contributed by atoms with Crippen molar-refractivity contribution < 1.29 is 14.1 Å². The molecule has 2 aliphatic rings. The summed E-state index contributed by atoms with van der Waals surface area (Å²) in [5, 5.41) is 4.02. The van der Waals surface area contributed by atoms with Crippen LogP contribution in [0.5, 0.6) is 0 Å². The Balaban J connectivity index is 1.60. The second-order valence-electron chi connectivity index (χ2n) is 6.04. The summed E-state index contributed by atoms with van der Waals surface area (Å²) in [6.07, 6.45) is 3.16. The maximum Gasteiger partial charge on any atom is 0.236 e. The molecule has 0 spiro atoms. The molecule has 0 N–H and O–H groups in total. The number of hydrogen-bond donors (Lipinski definition) is 0.